The van der Waals surface area contributed by atoms with E-state index in [0.717, 1.165) is 0 Å². The third-order valence-electron chi connectivity index (χ3n) is 1.94. The van der Waals surface area contributed by atoms with Gasteiger partial charge in [0.25, 0.3) is 0 Å². The number of pyridine rings is 1. The smallest absolute Gasteiger partial charge is 0.146 e. The molecule has 0 aliphatic heterocycles. The molecule has 1 heterocycles. The number of benzene rings is 1. The molecular weight excluding hydrogens is 286 g/mol. The van der Waals surface area contributed by atoms with Crippen LogP contribution in [0.5, 0.6) is 11.5 Å². The van der Waals surface area contributed by atoms with Gasteiger partial charge in [-0.05, 0) is 40.2 Å². The second-order valence-electron chi connectivity index (χ2n) is 3.21. The summed E-state index contributed by atoms with van der Waals surface area (Å²) in [6, 6.07) is 7.49. The van der Waals surface area contributed by atoms with Crippen LogP contribution in [0.4, 0.5) is 11.4 Å². The van der Waals surface area contributed by atoms with Gasteiger partial charge in [0.1, 0.15) is 21.8 Å². The van der Waals surface area contributed by atoms with Gasteiger partial charge < -0.3 is 10.2 Å². The van der Waals surface area contributed by atoms with Gasteiger partial charge in [-0.25, -0.2) is 4.98 Å². The highest BCUT2D eigenvalue weighted by Crippen LogP contribution is 2.31. The van der Waals surface area contributed by atoms with E-state index in [9.17, 15) is 5.11 Å². The van der Waals surface area contributed by atoms with Crippen LogP contribution in [0, 0.1) is 0 Å². The summed E-state index contributed by atoms with van der Waals surface area (Å²) < 4.78 is 0.656. The quantitative estimate of drug-likeness (QED) is 0.655. The summed E-state index contributed by atoms with van der Waals surface area (Å²) >= 11 is 3.22. The van der Waals surface area contributed by atoms with Crippen LogP contribution in [0.15, 0.2) is 51.4 Å². The lowest BCUT2D eigenvalue weighted by molar-refractivity contribution is 0.451. The maximum absolute atomic E-state index is 9.49. The van der Waals surface area contributed by atoms with E-state index in [0.29, 0.717) is 10.3 Å². The van der Waals surface area contributed by atoms with E-state index in [2.05, 4.69) is 31.1 Å². The summed E-state index contributed by atoms with van der Waals surface area (Å²) in [5.74, 6) is -0.144. The first kappa shape index (κ1) is 11.5. The number of rotatable bonds is 2. The van der Waals surface area contributed by atoms with E-state index in [1.54, 1.807) is 18.3 Å². The van der Waals surface area contributed by atoms with Crippen molar-refractivity contribution in [1.29, 1.82) is 0 Å². The van der Waals surface area contributed by atoms with Gasteiger partial charge in [-0.1, -0.05) is 0 Å². The summed E-state index contributed by atoms with van der Waals surface area (Å²) in [5.41, 5.74) is 0.898. The van der Waals surface area contributed by atoms with Gasteiger partial charge in [-0.3, -0.25) is 0 Å². The highest BCUT2D eigenvalue weighted by molar-refractivity contribution is 9.10. The number of hydrogen-bond donors (Lipinski definition) is 2. The molecule has 1 aromatic carbocycles. The zero-order valence-electron chi connectivity index (χ0n) is 8.58. The minimum Gasteiger partial charge on any atom is -0.508 e. The van der Waals surface area contributed by atoms with Crippen molar-refractivity contribution in [3.8, 4) is 11.5 Å². The van der Waals surface area contributed by atoms with E-state index in [4.69, 9.17) is 5.11 Å². The lowest BCUT2D eigenvalue weighted by Gasteiger charge is -1.98. The zero-order valence-corrected chi connectivity index (χ0v) is 10.2. The van der Waals surface area contributed by atoms with Crippen molar-refractivity contribution >= 4 is 27.3 Å². The molecule has 0 amide bonds. The second-order valence-corrected chi connectivity index (χ2v) is 4.02. The predicted molar refractivity (Wildman–Crippen MR) is 65.9 cm³/mol. The molecular formula is C11H8BrN3O2. The second kappa shape index (κ2) is 4.92. The first-order chi connectivity index (χ1) is 8.15. The maximum atomic E-state index is 9.49. The summed E-state index contributed by atoms with van der Waals surface area (Å²) in [7, 11) is 0. The van der Waals surface area contributed by atoms with Crippen molar-refractivity contribution in [2.45, 2.75) is 0 Å². The van der Waals surface area contributed by atoms with Crippen LogP contribution in [-0.2, 0) is 0 Å². The number of halogens is 1. The normalized spacial score (nSPS) is 10.9. The standard InChI is InChI=1S/C11H8BrN3O2/c12-11-5-7(3-4-13-11)14-15-9-2-1-8(16)6-10(9)17/h1-6,16-17H. The van der Waals surface area contributed by atoms with Crippen LogP contribution in [0.3, 0.4) is 0 Å². The Morgan fingerprint density at radius 3 is 2.59 bits per heavy atom. The predicted octanol–water partition coefficient (Wildman–Crippen LogP) is 3.67. The topological polar surface area (TPSA) is 78.1 Å². The van der Waals surface area contributed by atoms with Crippen LogP contribution in [-0.4, -0.2) is 15.2 Å². The third-order valence-corrected chi connectivity index (χ3v) is 2.38. The molecule has 0 saturated carbocycles. The number of phenolic OH excluding ortho intramolecular Hbond substituents is 2. The monoisotopic (exact) mass is 293 g/mol. The molecule has 0 aliphatic carbocycles. The highest BCUT2D eigenvalue weighted by Gasteiger charge is 2.00. The van der Waals surface area contributed by atoms with Crippen LogP contribution in [0.25, 0.3) is 0 Å². The molecule has 0 unspecified atom stereocenters. The van der Waals surface area contributed by atoms with Crippen molar-refractivity contribution in [3.63, 3.8) is 0 Å². The van der Waals surface area contributed by atoms with Crippen molar-refractivity contribution in [1.82, 2.24) is 4.98 Å². The molecule has 5 nitrogen and oxygen atoms in total. The molecule has 2 rings (SSSR count). The van der Waals surface area contributed by atoms with Crippen molar-refractivity contribution in [2.24, 2.45) is 10.2 Å². The average molecular weight is 294 g/mol. The first-order valence-electron chi connectivity index (χ1n) is 4.70. The van der Waals surface area contributed by atoms with E-state index < -0.39 is 0 Å². The number of azo groups is 1. The Balaban J connectivity index is 2.26. The molecule has 1 aromatic heterocycles. The van der Waals surface area contributed by atoms with Crippen molar-refractivity contribution in [2.75, 3.05) is 0 Å². The molecule has 0 bridgehead atoms. The van der Waals surface area contributed by atoms with Gasteiger partial charge in [0.2, 0.25) is 0 Å². The molecule has 17 heavy (non-hydrogen) atoms. The minimum absolute atomic E-state index is 0.0203. The van der Waals surface area contributed by atoms with E-state index >= 15 is 0 Å². The van der Waals surface area contributed by atoms with Gasteiger partial charge in [0, 0.05) is 12.3 Å². The fraction of sp³-hybridized carbons (Fsp3) is 0. The Morgan fingerprint density at radius 2 is 1.88 bits per heavy atom. The lowest BCUT2D eigenvalue weighted by Crippen LogP contribution is -1.72. The van der Waals surface area contributed by atoms with Crippen molar-refractivity contribution in [3.05, 3.63) is 41.1 Å². The lowest BCUT2D eigenvalue weighted by atomic mass is 10.3. The number of nitrogens with zero attached hydrogens (tertiary/aromatic N) is 3. The maximum Gasteiger partial charge on any atom is 0.146 e. The van der Waals surface area contributed by atoms with Crippen LogP contribution in [0.1, 0.15) is 0 Å². The summed E-state index contributed by atoms with van der Waals surface area (Å²) in [4.78, 5) is 3.96. The molecule has 0 atom stereocenters. The SMILES string of the molecule is Oc1ccc(N=Nc2ccnc(Br)c2)c(O)c1. The molecule has 2 aromatic rings. The molecule has 0 saturated heterocycles. The molecule has 6 heteroatoms. The van der Waals surface area contributed by atoms with Crippen LogP contribution in [0.2, 0.25) is 0 Å². The zero-order chi connectivity index (χ0) is 12.3. The Morgan fingerprint density at radius 1 is 1.06 bits per heavy atom. The molecule has 0 fully saturated rings. The van der Waals surface area contributed by atoms with Gasteiger partial charge in [-0.15, -0.1) is 5.11 Å². The van der Waals surface area contributed by atoms with Crippen LogP contribution < -0.4 is 0 Å². The van der Waals surface area contributed by atoms with Gasteiger partial charge in [0.15, 0.2) is 0 Å². The fourth-order valence-electron chi connectivity index (χ4n) is 1.16. The molecule has 2 N–H and O–H groups in total. The van der Waals surface area contributed by atoms with Gasteiger partial charge in [-0.2, -0.15) is 5.11 Å². The summed E-state index contributed by atoms with van der Waals surface area (Å²) in [6.07, 6.45) is 1.59. The summed E-state index contributed by atoms with van der Waals surface area (Å²) in [5, 5.41) is 26.4. The number of hydrogen-bond acceptors (Lipinski definition) is 5. The number of aromatic hydroxyl groups is 2. The summed E-state index contributed by atoms with van der Waals surface area (Å²) in [6.45, 7) is 0. The number of aromatic nitrogens is 1. The van der Waals surface area contributed by atoms with Crippen molar-refractivity contribution < 1.29 is 10.2 Å². The average Bonchev–Trinajstić information content (AvgIpc) is 2.28. The highest BCUT2D eigenvalue weighted by atomic mass is 79.9. The third kappa shape index (κ3) is 3.01. The first-order valence-corrected chi connectivity index (χ1v) is 5.50. The fourth-order valence-corrected chi connectivity index (χ4v) is 1.52. The van der Waals surface area contributed by atoms with Crippen LogP contribution >= 0.6 is 15.9 Å². The molecule has 0 spiro atoms. The molecule has 0 radical (unpaired) electrons. The molecule has 86 valence electrons. The van der Waals surface area contributed by atoms with E-state index in [-0.39, 0.29) is 17.2 Å². The Bertz CT molecular complexity index is 572. The van der Waals surface area contributed by atoms with Gasteiger partial charge in [0.05, 0.1) is 5.69 Å². The Hall–Kier alpha value is -1.95. The van der Waals surface area contributed by atoms with Gasteiger partial charge >= 0.3 is 0 Å². The van der Waals surface area contributed by atoms with E-state index in [1.807, 2.05) is 0 Å². The molecule has 0 aliphatic rings. The Kier molecular flexibility index (Phi) is 3.34. The minimum atomic E-state index is -0.123. The number of phenols is 2. The van der Waals surface area contributed by atoms with E-state index in [1.165, 1.54) is 18.2 Å². The Labute approximate surface area is 106 Å². The largest absolute Gasteiger partial charge is 0.508 e.